The van der Waals surface area contributed by atoms with Gasteiger partial charge >= 0.3 is 0 Å². The first kappa shape index (κ1) is 12.7. The second-order valence-electron chi connectivity index (χ2n) is 3.54. The molecule has 0 heterocycles. The van der Waals surface area contributed by atoms with Crippen LogP contribution in [0.25, 0.3) is 0 Å². The molecule has 0 radical (unpaired) electrons. The predicted octanol–water partition coefficient (Wildman–Crippen LogP) is 1.79. The van der Waals surface area contributed by atoms with E-state index >= 15 is 0 Å². The monoisotopic (exact) mass is 292 g/mol. The molecule has 0 saturated heterocycles. The van der Waals surface area contributed by atoms with Crippen molar-refractivity contribution >= 4 is 25.8 Å². The zero-order chi connectivity index (χ0) is 11.6. The summed E-state index contributed by atoms with van der Waals surface area (Å²) >= 11 is 2.98. The zero-order valence-electron chi connectivity index (χ0n) is 8.51. The van der Waals surface area contributed by atoms with Crippen molar-refractivity contribution in [1.82, 2.24) is 0 Å². The van der Waals surface area contributed by atoms with Crippen LogP contribution < -0.4 is 0 Å². The summed E-state index contributed by atoms with van der Waals surface area (Å²) in [4.78, 5) is 0. The normalized spacial score (nSPS) is 16.0. The van der Waals surface area contributed by atoms with Crippen LogP contribution in [0.1, 0.15) is 17.2 Å². The SMILES string of the molecule is Cc1ccc([C@@H](O)[C@H](Br)S(C)(=O)=O)cc1. The van der Waals surface area contributed by atoms with E-state index < -0.39 is 20.1 Å². The first-order valence-electron chi connectivity index (χ1n) is 4.40. The van der Waals surface area contributed by atoms with E-state index in [-0.39, 0.29) is 0 Å². The van der Waals surface area contributed by atoms with Crippen molar-refractivity contribution in [3.63, 3.8) is 0 Å². The molecule has 1 aromatic rings. The molecule has 0 bridgehead atoms. The van der Waals surface area contributed by atoms with E-state index in [1.807, 2.05) is 19.1 Å². The number of alkyl halides is 1. The molecule has 1 aromatic carbocycles. The Morgan fingerprint density at radius 2 is 1.73 bits per heavy atom. The molecular weight excluding hydrogens is 280 g/mol. The first-order valence-corrected chi connectivity index (χ1v) is 7.27. The Hall–Kier alpha value is -0.390. The van der Waals surface area contributed by atoms with Gasteiger partial charge < -0.3 is 5.11 Å². The Kier molecular flexibility index (Phi) is 3.92. The van der Waals surface area contributed by atoms with Gasteiger partial charge in [0.05, 0.1) is 0 Å². The van der Waals surface area contributed by atoms with Crippen LogP contribution in [0, 0.1) is 6.92 Å². The summed E-state index contributed by atoms with van der Waals surface area (Å²) in [5, 5.41) is 9.79. The molecule has 5 heteroatoms. The average Bonchev–Trinajstić information content (AvgIpc) is 2.15. The molecule has 0 aromatic heterocycles. The zero-order valence-corrected chi connectivity index (χ0v) is 10.9. The second-order valence-corrected chi connectivity index (χ2v) is 7.30. The van der Waals surface area contributed by atoms with Crippen LogP contribution in [0.3, 0.4) is 0 Å². The highest BCUT2D eigenvalue weighted by atomic mass is 79.9. The summed E-state index contributed by atoms with van der Waals surface area (Å²) in [6.45, 7) is 1.93. The van der Waals surface area contributed by atoms with Gasteiger partial charge in [0.1, 0.15) is 10.3 Å². The van der Waals surface area contributed by atoms with Gasteiger partial charge in [-0.3, -0.25) is 0 Å². The number of rotatable bonds is 3. The van der Waals surface area contributed by atoms with Crippen molar-refractivity contribution in [2.45, 2.75) is 17.2 Å². The number of aliphatic hydroxyl groups is 1. The minimum Gasteiger partial charge on any atom is -0.386 e. The average molecular weight is 293 g/mol. The Morgan fingerprint density at radius 3 is 2.13 bits per heavy atom. The lowest BCUT2D eigenvalue weighted by Crippen LogP contribution is -2.21. The molecule has 0 unspecified atom stereocenters. The number of hydrogen-bond donors (Lipinski definition) is 1. The van der Waals surface area contributed by atoms with Crippen molar-refractivity contribution in [3.8, 4) is 0 Å². The fourth-order valence-electron chi connectivity index (χ4n) is 1.15. The fourth-order valence-corrected chi connectivity index (χ4v) is 2.08. The van der Waals surface area contributed by atoms with Crippen LogP contribution in [0.4, 0.5) is 0 Å². The minimum absolute atomic E-state index is 0.591. The molecule has 0 amide bonds. The van der Waals surface area contributed by atoms with Crippen molar-refractivity contribution < 1.29 is 13.5 Å². The summed E-state index contributed by atoms with van der Waals surface area (Å²) in [6.07, 6.45) is 0.0460. The highest BCUT2D eigenvalue weighted by molar-refractivity contribution is 9.11. The third kappa shape index (κ3) is 3.29. The van der Waals surface area contributed by atoms with Crippen LogP contribution >= 0.6 is 15.9 Å². The molecule has 1 N–H and O–H groups in total. The largest absolute Gasteiger partial charge is 0.386 e. The van der Waals surface area contributed by atoms with Gasteiger partial charge in [-0.2, -0.15) is 0 Å². The lowest BCUT2D eigenvalue weighted by atomic mass is 10.1. The molecular formula is C10H13BrO3S. The Morgan fingerprint density at radius 1 is 1.27 bits per heavy atom. The van der Waals surface area contributed by atoms with Gasteiger partial charge in [-0.15, -0.1) is 0 Å². The van der Waals surface area contributed by atoms with Gasteiger partial charge in [0.2, 0.25) is 0 Å². The van der Waals surface area contributed by atoms with Crippen LogP contribution in [0.2, 0.25) is 0 Å². The number of halogens is 1. The van der Waals surface area contributed by atoms with E-state index in [0.29, 0.717) is 5.56 Å². The first-order chi connectivity index (χ1) is 6.82. The molecule has 0 aliphatic heterocycles. The van der Waals surface area contributed by atoms with Gasteiger partial charge in [0.15, 0.2) is 9.84 Å². The molecule has 0 aliphatic carbocycles. The predicted molar refractivity (Wildman–Crippen MR) is 63.7 cm³/mol. The van der Waals surface area contributed by atoms with Gasteiger partial charge in [-0.05, 0) is 12.5 Å². The summed E-state index contributed by atoms with van der Waals surface area (Å²) < 4.78 is 21.4. The third-order valence-corrected chi connectivity index (χ3v) is 5.69. The molecule has 15 heavy (non-hydrogen) atoms. The van der Waals surface area contributed by atoms with Gasteiger partial charge in [0, 0.05) is 6.26 Å². The number of aryl methyl sites for hydroxylation is 1. The van der Waals surface area contributed by atoms with Crippen LogP contribution in [-0.2, 0) is 9.84 Å². The summed E-state index contributed by atoms with van der Waals surface area (Å²) in [5.41, 5.74) is 1.66. The minimum atomic E-state index is -3.29. The number of sulfone groups is 1. The van der Waals surface area contributed by atoms with Gasteiger partial charge in [0.25, 0.3) is 0 Å². The molecule has 0 aliphatic rings. The van der Waals surface area contributed by atoms with Crippen molar-refractivity contribution in [3.05, 3.63) is 35.4 Å². The van der Waals surface area contributed by atoms with Crippen molar-refractivity contribution in [2.24, 2.45) is 0 Å². The van der Waals surface area contributed by atoms with E-state index in [1.165, 1.54) is 0 Å². The molecule has 2 atom stereocenters. The van der Waals surface area contributed by atoms with Crippen molar-refractivity contribution in [2.75, 3.05) is 6.26 Å². The van der Waals surface area contributed by atoms with E-state index in [4.69, 9.17) is 0 Å². The quantitative estimate of drug-likeness (QED) is 0.865. The Labute approximate surface area is 98.2 Å². The van der Waals surface area contributed by atoms with Gasteiger partial charge in [-0.1, -0.05) is 45.8 Å². The topological polar surface area (TPSA) is 54.4 Å². The molecule has 1 rings (SSSR count). The smallest absolute Gasteiger partial charge is 0.163 e. The maximum atomic E-state index is 11.2. The Balaban J connectivity index is 2.95. The number of benzene rings is 1. The fraction of sp³-hybridized carbons (Fsp3) is 0.400. The Bertz CT molecular complexity index is 424. The third-order valence-electron chi connectivity index (χ3n) is 2.08. The van der Waals surface area contributed by atoms with Gasteiger partial charge in [-0.25, -0.2) is 8.42 Å². The lowest BCUT2D eigenvalue weighted by molar-refractivity contribution is 0.195. The van der Waals surface area contributed by atoms with E-state index in [0.717, 1.165) is 11.8 Å². The van der Waals surface area contributed by atoms with E-state index in [1.54, 1.807) is 12.1 Å². The van der Waals surface area contributed by atoms with Crippen LogP contribution in [-0.4, -0.2) is 23.9 Å². The summed E-state index contributed by atoms with van der Waals surface area (Å²) in [7, 11) is -3.29. The maximum Gasteiger partial charge on any atom is 0.163 e. The maximum absolute atomic E-state index is 11.2. The second kappa shape index (κ2) is 4.63. The van der Waals surface area contributed by atoms with E-state index in [2.05, 4.69) is 15.9 Å². The molecule has 0 saturated carbocycles. The van der Waals surface area contributed by atoms with Crippen molar-refractivity contribution in [1.29, 1.82) is 0 Å². The molecule has 0 spiro atoms. The summed E-state index contributed by atoms with van der Waals surface area (Å²) in [6, 6.07) is 7.11. The summed E-state index contributed by atoms with van der Waals surface area (Å²) in [5.74, 6) is 0. The number of hydrogen-bond acceptors (Lipinski definition) is 3. The highest BCUT2D eigenvalue weighted by Crippen LogP contribution is 2.26. The van der Waals surface area contributed by atoms with Crippen LogP contribution in [0.15, 0.2) is 24.3 Å². The molecule has 3 nitrogen and oxygen atoms in total. The molecule has 0 fully saturated rings. The van der Waals surface area contributed by atoms with Crippen LogP contribution in [0.5, 0.6) is 0 Å². The molecule has 84 valence electrons. The lowest BCUT2D eigenvalue weighted by Gasteiger charge is -2.16. The number of aliphatic hydroxyl groups excluding tert-OH is 1. The van der Waals surface area contributed by atoms with E-state index in [9.17, 15) is 13.5 Å². The highest BCUT2D eigenvalue weighted by Gasteiger charge is 2.26. The standard InChI is InChI=1S/C10H13BrO3S/c1-7-3-5-8(6-4-7)9(12)10(11)15(2,13)14/h3-6,9-10,12H,1-2H3/t9-,10-/m1/s1.